The van der Waals surface area contributed by atoms with Gasteiger partial charge in [0.25, 0.3) is 0 Å². The van der Waals surface area contributed by atoms with Crippen molar-refractivity contribution in [2.75, 3.05) is 0 Å². The molecule has 0 aromatic heterocycles. The molecule has 0 radical (unpaired) electrons. The molecule has 0 aliphatic heterocycles. The molecule has 0 amide bonds. The molecular formula is C16H25N. The van der Waals surface area contributed by atoms with E-state index in [9.17, 15) is 0 Å². The first-order valence-corrected chi connectivity index (χ1v) is 7.17. The fourth-order valence-corrected chi connectivity index (χ4v) is 3.22. The molecule has 0 heterocycles. The molecule has 1 nitrogen and oxygen atoms in total. The molecule has 1 N–H and O–H groups in total. The second-order valence-corrected chi connectivity index (χ2v) is 5.18. The molecule has 0 saturated heterocycles. The van der Waals surface area contributed by atoms with Crippen molar-refractivity contribution in [3.8, 4) is 0 Å². The molecular weight excluding hydrogens is 206 g/mol. The molecule has 94 valence electrons. The van der Waals surface area contributed by atoms with Gasteiger partial charge in [0, 0.05) is 5.70 Å². The van der Waals surface area contributed by atoms with Crippen molar-refractivity contribution < 1.29 is 0 Å². The van der Waals surface area contributed by atoms with Crippen LogP contribution in [0, 0.1) is 0 Å². The number of allylic oxidation sites excluding steroid dienone is 3. The fourth-order valence-electron chi connectivity index (χ4n) is 3.22. The summed E-state index contributed by atoms with van der Waals surface area (Å²) in [6.07, 6.45) is 13.7. The van der Waals surface area contributed by atoms with Gasteiger partial charge in [-0.1, -0.05) is 19.1 Å². The van der Waals surface area contributed by atoms with Crippen LogP contribution in [0.25, 0.3) is 0 Å². The van der Waals surface area contributed by atoms with E-state index in [0.29, 0.717) is 0 Å². The van der Waals surface area contributed by atoms with Gasteiger partial charge in [0.1, 0.15) is 0 Å². The summed E-state index contributed by atoms with van der Waals surface area (Å²) in [5.41, 5.74) is 6.39. The largest absolute Gasteiger partial charge is 0.362 e. The SMILES string of the molecule is C=CNC(=C1CCCC1)C1=C(CC)CCCC1. The summed E-state index contributed by atoms with van der Waals surface area (Å²) in [6.45, 7) is 6.15. The van der Waals surface area contributed by atoms with E-state index < -0.39 is 0 Å². The predicted molar refractivity (Wildman–Crippen MR) is 74.6 cm³/mol. The van der Waals surface area contributed by atoms with Gasteiger partial charge in [0.2, 0.25) is 0 Å². The van der Waals surface area contributed by atoms with E-state index in [1.165, 1.54) is 63.5 Å². The summed E-state index contributed by atoms with van der Waals surface area (Å²) >= 11 is 0. The highest BCUT2D eigenvalue weighted by atomic mass is 14.9. The Bertz CT molecular complexity index is 339. The van der Waals surface area contributed by atoms with Crippen LogP contribution in [0.4, 0.5) is 0 Å². The molecule has 2 rings (SSSR count). The van der Waals surface area contributed by atoms with Crippen LogP contribution in [0.3, 0.4) is 0 Å². The Labute approximate surface area is 106 Å². The minimum atomic E-state index is 1.21. The average molecular weight is 231 g/mol. The van der Waals surface area contributed by atoms with Crippen molar-refractivity contribution in [2.24, 2.45) is 0 Å². The van der Waals surface area contributed by atoms with Crippen LogP contribution in [0.2, 0.25) is 0 Å². The molecule has 0 aromatic carbocycles. The van der Waals surface area contributed by atoms with Crippen molar-refractivity contribution in [1.82, 2.24) is 5.32 Å². The lowest BCUT2D eigenvalue weighted by molar-refractivity contribution is 0.652. The summed E-state index contributed by atoms with van der Waals surface area (Å²) in [6, 6.07) is 0. The van der Waals surface area contributed by atoms with Gasteiger partial charge in [0.15, 0.2) is 0 Å². The van der Waals surface area contributed by atoms with Gasteiger partial charge >= 0.3 is 0 Å². The summed E-state index contributed by atoms with van der Waals surface area (Å²) in [7, 11) is 0. The molecule has 0 bridgehead atoms. The van der Waals surface area contributed by atoms with Crippen molar-refractivity contribution in [3.05, 3.63) is 35.2 Å². The maximum Gasteiger partial charge on any atom is 0.0403 e. The van der Waals surface area contributed by atoms with Gasteiger partial charge in [-0.3, -0.25) is 0 Å². The predicted octanol–water partition coefficient (Wildman–Crippen LogP) is 4.83. The van der Waals surface area contributed by atoms with Gasteiger partial charge in [-0.2, -0.15) is 0 Å². The Balaban J connectivity index is 2.34. The van der Waals surface area contributed by atoms with Crippen LogP contribution in [0.1, 0.15) is 64.7 Å². The van der Waals surface area contributed by atoms with Crippen molar-refractivity contribution in [1.29, 1.82) is 0 Å². The Morgan fingerprint density at radius 3 is 2.41 bits per heavy atom. The number of nitrogens with one attached hydrogen (secondary N) is 1. The highest BCUT2D eigenvalue weighted by molar-refractivity contribution is 5.40. The highest BCUT2D eigenvalue weighted by Crippen LogP contribution is 2.36. The molecule has 2 aliphatic rings. The second kappa shape index (κ2) is 6.09. The molecule has 0 spiro atoms. The molecule has 1 fully saturated rings. The van der Waals surface area contributed by atoms with Gasteiger partial charge in [-0.05, 0) is 75.1 Å². The molecule has 0 unspecified atom stereocenters. The summed E-state index contributed by atoms with van der Waals surface area (Å²) in [5.74, 6) is 0. The van der Waals surface area contributed by atoms with Crippen LogP contribution in [-0.4, -0.2) is 0 Å². The van der Waals surface area contributed by atoms with Crippen LogP contribution in [0.5, 0.6) is 0 Å². The second-order valence-electron chi connectivity index (χ2n) is 5.18. The standard InChI is InChI=1S/C16H25N/c1-3-13-9-7-8-12-15(13)16(17-4-2)14-10-5-6-11-14/h4,17H,2-3,5-12H2,1H3. The highest BCUT2D eigenvalue weighted by Gasteiger charge is 2.19. The molecule has 2 aliphatic carbocycles. The van der Waals surface area contributed by atoms with Crippen molar-refractivity contribution >= 4 is 0 Å². The van der Waals surface area contributed by atoms with Gasteiger partial charge < -0.3 is 5.32 Å². The van der Waals surface area contributed by atoms with E-state index >= 15 is 0 Å². The first kappa shape index (κ1) is 12.5. The van der Waals surface area contributed by atoms with E-state index in [0.717, 1.165) is 0 Å². The lowest BCUT2D eigenvalue weighted by Crippen LogP contribution is -2.14. The normalized spacial score (nSPS) is 20.6. The topological polar surface area (TPSA) is 12.0 Å². The zero-order valence-corrected chi connectivity index (χ0v) is 11.1. The Hall–Kier alpha value is -0.980. The van der Waals surface area contributed by atoms with Crippen molar-refractivity contribution in [2.45, 2.75) is 64.7 Å². The first-order chi connectivity index (χ1) is 8.36. The van der Waals surface area contributed by atoms with Crippen LogP contribution >= 0.6 is 0 Å². The van der Waals surface area contributed by atoms with Crippen LogP contribution < -0.4 is 5.32 Å². The Morgan fingerprint density at radius 1 is 1.12 bits per heavy atom. The quantitative estimate of drug-likeness (QED) is 0.731. The van der Waals surface area contributed by atoms with E-state index in [-0.39, 0.29) is 0 Å². The molecule has 0 aromatic rings. The van der Waals surface area contributed by atoms with Gasteiger partial charge in [-0.25, -0.2) is 0 Å². The molecule has 17 heavy (non-hydrogen) atoms. The number of hydrogen-bond acceptors (Lipinski definition) is 1. The van der Waals surface area contributed by atoms with Gasteiger partial charge in [0.05, 0.1) is 0 Å². The zero-order valence-electron chi connectivity index (χ0n) is 11.1. The summed E-state index contributed by atoms with van der Waals surface area (Å²) < 4.78 is 0. The fraction of sp³-hybridized carbons (Fsp3) is 0.625. The van der Waals surface area contributed by atoms with E-state index in [4.69, 9.17) is 0 Å². The van der Waals surface area contributed by atoms with E-state index in [1.807, 2.05) is 6.20 Å². The zero-order chi connectivity index (χ0) is 12.1. The molecule has 1 heteroatoms. The van der Waals surface area contributed by atoms with Gasteiger partial charge in [-0.15, -0.1) is 0 Å². The van der Waals surface area contributed by atoms with E-state index in [1.54, 1.807) is 16.7 Å². The average Bonchev–Trinajstić information content (AvgIpc) is 2.89. The molecule has 1 saturated carbocycles. The first-order valence-electron chi connectivity index (χ1n) is 7.17. The third kappa shape index (κ3) is 2.83. The monoisotopic (exact) mass is 231 g/mol. The minimum absolute atomic E-state index is 1.21. The lowest BCUT2D eigenvalue weighted by atomic mass is 9.86. The lowest BCUT2D eigenvalue weighted by Gasteiger charge is -2.23. The van der Waals surface area contributed by atoms with Crippen LogP contribution in [0.15, 0.2) is 35.2 Å². The maximum atomic E-state index is 3.85. The maximum absolute atomic E-state index is 3.85. The number of rotatable bonds is 4. The van der Waals surface area contributed by atoms with Crippen molar-refractivity contribution in [3.63, 3.8) is 0 Å². The number of hydrogen-bond donors (Lipinski definition) is 1. The summed E-state index contributed by atoms with van der Waals surface area (Å²) in [4.78, 5) is 0. The molecule has 0 atom stereocenters. The third-order valence-electron chi connectivity index (χ3n) is 4.12. The third-order valence-corrected chi connectivity index (χ3v) is 4.12. The Morgan fingerprint density at radius 2 is 1.76 bits per heavy atom. The van der Waals surface area contributed by atoms with E-state index in [2.05, 4.69) is 18.8 Å². The Kier molecular flexibility index (Phi) is 4.47. The smallest absolute Gasteiger partial charge is 0.0403 e. The summed E-state index contributed by atoms with van der Waals surface area (Å²) in [5, 5.41) is 3.44. The minimum Gasteiger partial charge on any atom is -0.362 e. The van der Waals surface area contributed by atoms with Crippen LogP contribution in [-0.2, 0) is 0 Å².